The maximum Gasteiger partial charge on any atom is 0.251 e. The maximum atomic E-state index is 12.5. The minimum absolute atomic E-state index is 0.0766. The molecule has 0 spiro atoms. The minimum Gasteiger partial charge on any atom is -0.494 e. The van der Waals surface area contributed by atoms with Crippen molar-refractivity contribution in [3.05, 3.63) is 94.2 Å². The van der Waals surface area contributed by atoms with Gasteiger partial charge in [-0.3, -0.25) is 4.79 Å². The van der Waals surface area contributed by atoms with Gasteiger partial charge in [0, 0.05) is 29.5 Å². The number of hydrogen-bond donors (Lipinski definition) is 1. The Bertz CT molecular complexity index is 1240. The molecule has 1 heterocycles. The van der Waals surface area contributed by atoms with Gasteiger partial charge in [-0.1, -0.05) is 46.3 Å². The zero-order valence-electron chi connectivity index (χ0n) is 18.8. The highest BCUT2D eigenvalue weighted by Gasteiger charge is 2.11. The largest absolute Gasteiger partial charge is 0.494 e. The van der Waals surface area contributed by atoms with Gasteiger partial charge in [-0.15, -0.1) is 0 Å². The predicted molar refractivity (Wildman–Crippen MR) is 136 cm³/mol. The monoisotopic (exact) mass is 505 g/mol. The third-order valence-corrected chi connectivity index (χ3v) is 5.98. The van der Waals surface area contributed by atoms with E-state index in [0.717, 1.165) is 46.5 Å². The first-order valence-corrected chi connectivity index (χ1v) is 12.1. The highest BCUT2D eigenvalue weighted by Crippen LogP contribution is 2.18. The van der Waals surface area contributed by atoms with Gasteiger partial charge >= 0.3 is 0 Å². The summed E-state index contributed by atoms with van der Waals surface area (Å²) < 4.78 is 9.05. The van der Waals surface area contributed by atoms with E-state index < -0.39 is 0 Å². The fourth-order valence-corrected chi connectivity index (χ4v) is 4.25. The molecule has 6 heteroatoms. The number of fused-ring (bicyclic) bond motifs is 1. The van der Waals surface area contributed by atoms with Crippen LogP contribution in [0.15, 0.2) is 77.3 Å². The third kappa shape index (κ3) is 6.23. The standard InChI is InChI=1S/C27H28BrN3O2/c1-20-8-6-11-23(18-20)33-17-5-4-16-31-25-13-3-2-12-24(25)30-26(31)14-15-29-27(32)21-9-7-10-22(28)19-21/h2-3,6-13,18-19H,4-5,14-17H2,1H3,(H,29,32). The van der Waals surface area contributed by atoms with E-state index in [9.17, 15) is 4.79 Å². The maximum absolute atomic E-state index is 12.5. The highest BCUT2D eigenvalue weighted by molar-refractivity contribution is 9.10. The average Bonchev–Trinajstić information content (AvgIpc) is 3.16. The number of amides is 1. The molecule has 0 aliphatic rings. The van der Waals surface area contributed by atoms with Gasteiger partial charge in [-0.2, -0.15) is 0 Å². The number of aryl methyl sites for hydroxylation is 2. The molecule has 3 aromatic carbocycles. The van der Waals surface area contributed by atoms with E-state index >= 15 is 0 Å². The molecule has 0 atom stereocenters. The number of ether oxygens (including phenoxy) is 1. The molecule has 0 saturated carbocycles. The van der Waals surface area contributed by atoms with Crippen molar-refractivity contribution in [2.75, 3.05) is 13.2 Å². The van der Waals surface area contributed by atoms with Crippen molar-refractivity contribution in [2.24, 2.45) is 0 Å². The van der Waals surface area contributed by atoms with Crippen LogP contribution in [0.1, 0.15) is 34.6 Å². The molecule has 1 amide bonds. The van der Waals surface area contributed by atoms with Crippen molar-refractivity contribution >= 4 is 32.9 Å². The van der Waals surface area contributed by atoms with Gasteiger partial charge in [0.25, 0.3) is 5.91 Å². The van der Waals surface area contributed by atoms with Crippen molar-refractivity contribution in [2.45, 2.75) is 32.7 Å². The van der Waals surface area contributed by atoms with Crippen molar-refractivity contribution in [3.8, 4) is 5.75 Å². The lowest BCUT2D eigenvalue weighted by molar-refractivity contribution is 0.0954. The Morgan fingerprint density at radius 1 is 1.03 bits per heavy atom. The molecule has 0 bridgehead atoms. The van der Waals surface area contributed by atoms with Crippen LogP contribution in [-0.4, -0.2) is 28.6 Å². The fourth-order valence-electron chi connectivity index (χ4n) is 3.85. The fraction of sp³-hybridized carbons (Fsp3) is 0.259. The molecule has 0 aliphatic carbocycles. The van der Waals surface area contributed by atoms with Gasteiger partial charge in [0.15, 0.2) is 0 Å². The molecular formula is C27H28BrN3O2. The normalized spacial score (nSPS) is 11.0. The second-order valence-electron chi connectivity index (χ2n) is 8.06. The summed E-state index contributed by atoms with van der Waals surface area (Å²) in [6.45, 7) is 4.16. The quantitative estimate of drug-likeness (QED) is 0.271. The van der Waals surface area contributed by atoms with Gasteiger partial charge in [-0.25, -0.2) is 4.98 Å². The van der Waals surface area contributed by atoms with E-state index in [1.807, 2.05) is 54.6 Å². The Morgan fingerprint density at radius 2 is 1.88 bits per heavy atom. The van der Waals surface area contributed by atoms with Crippen LogP contribution in [0.5, 0.6) is 5.75 Å². The number of halogens is 1. The molecule has 4 aromatic rings. The lowest BCUT2D eigenvalue weighted by Gasteiger charge is -2.11. The first kappa shape index (κ1) is 23.1. The molecule has 33 heavy (non-hydrogen) atoms. The highest BCUT2D eigenvalue weighted by atomic mass is 79.9. The second-order valence-corrected chi connectivity index (χ2v) is 8.97. The molecular weight excluding hydrogens is 478 g/mol. The van der Waals surface area contributed by atoms with Gasteiger partial charge in [0.1, 0.15) is 11.6 Å². The summed E-state index contributed by atoms with van der Waals surface area (Å²) in [5, 5.41) is 3.01. The summed E-state index contributed by atoms with van der Waals surface area (Å²) >= 11 is 3.41. The van der Waals surface area contributed by atoms with Gasteiger partial charge in [0.05, 0.1) is 17.6 Å². The number of nitrogens with zero attached hydrogens (tertiary/aromatic N) is 2. The molecule has 5 nitrogen and oxygen atoms in total. The van der Waals surface area contributed by atoms with Crippen molar-refractivity contribution < 1.29 is 9.53 Å². The van der Waals surface area contributed by atoms with Crippen molar-refractivity contribution in [1.29, 1.82) is 0 Å². The zero-order chi connectivity index (χ0) is 23.0. The molecule has 0 radical (unpaired) electrons. The van der Waals surface area contributed by atoms with E-state index in [4.69, 9.17) is 9.72 Å². The van der Waals surface area contributed by atoms with E-state index in [1.165, 1.54) is 5.56 Å². The Morgan fingerprint density at radius 3 is 2.73 bits per heavy atom. The first-order chi connectivity index (χ1) is 16.1. The van der Waals surface area contributed by atoms with Crippen molar-refractivity contribution in [1.82, 2.24) is 14.9 Å². The molecule has 170 valence electrons. The Hall–Kier alpha value is -3.12. The Labute approximate surface area is 202 Å². The molecule has 0 aliphatic heterocycles. The number of aromatic nitrogens is 2. The molecule has 0 unspecified atom stereocenters. The molecule has 1 aromatic heterocycles. The number of carbonyl (C=O) groups excluding carboxylic acids is 1. The lowest BCUT2D eigenvalue weighted by atomic mass is 10.2. The topological polar surface area (TPSA) is 56.1 Å². The van der Waals surface area contributed by atoms with Crippen LogP contribution in [0, 0.1) is 6.92 Å². The molecule has 4 rings (SSSR count). The summed E-state index contributed by atoms with van der Waals surface area (Å²) in [4.78, 5) is 17.3. The average molecular weight is 506 g/mol. The number of benzene rings is 3. The van der Waals surface area contributed by atoms with E-state index in [2.05, 4.69) is 50.9 Å². The number of para-hydroxylation sites is 2. The number of unbranched alkanes of at least 4 members (excludes halogenated alkanes) is 1. The molecule has 0 saturated heterocycles. The van der Waals surface area contributed by atoms with E-state index in [1.54, 1.807) is 0 Å². The zero-order valence-corrected chi connectivity index (χ0v) is 20.3. The molecule has 1 N–H and O–H groups in total. The minimum atomic E-state index is -0.0766. The van der Waals surface area contributed by atoms with Gasteiger partial charge < -0.3 is 14.6 Å². The van der Waals surface area contributed by atoms with Crippen LogP contribution in [0.2, 0.25) is 0 Å². The van der Waals surface area contributed by atoms with Crippen LogP contribution in [0.4, 0.5) is 0 Å². The number of nitrogens with one attached hydrogen (secondary N) is 1. The van der Waals surface area contributed by atoms with Gasteiger partial charge in [-0.05, 0) is 67.8 Å². The summed E-state index contributed by atoms with van der Waals surface area (Å²) in [5.41, 5.74) is 3.97. The number of hydrogen-bond acceptors (Lipinski definition) is 3. The third-order valence-electron chi connectivity index (χ3n) is 5.49. The predicted octanol–water partition coefficient (Wildman–Crippen LogP) is 5.94. The SMILES string of the molecule is Cc1cccc(OCCCCn2c(CCNC(=O)c3cccc(Br)c3)nc3ccccc32)c1. The number of rotatable bonds is 10. The number of imidazole rings is 1. The van der Waals surface area contributed by atoms with E-state index in [-0.39, 0.29) is 5.91 Å². The van der Waals surface area contributed by atoms with Crippen LogP contribution in [0.3, 0.4) is 0 Å². The first-order valence-electron chi connectivity index (χ1n) is 11.3. The summed E-state index contributed by atoms with van der Waals surface area (Å²) in [6, 6.07) is 23.7. The summed E-state index contributed by atoms with van der Waals surface area (Å²) in [6.07, 6.45) is 2.62. The Kier molecular flexibility index (Phi) is 7.79. The van der Waals surface area contributed by atoms with Crippen LogP contribution in [0.25, 0.3) is 11.0 Å². The van der Waals surface area contributed by atoms with Crippen LogP contribution >= 0.6 is 15.9 Å². The van der Waals surface area contributed by atoms with Crippen LogP contribution in [-0.2, 0) is 13.0 Å². The Balaban J connectivity index is 1.33. The van der Waals surface area contributed by atoms with Crippen molar-refractivity contribution in [3.63, 3.8) is 0 Å². The van der Waals surface area contributed by atoms with E-state index in [0.29, 0.717) is 25.1 Å². The van der Waals surface area contributed by atoms with Gasteiger partial charge in [0.2, 0.25) is 0 Å². The number of carbonyl (C=O) groups is 1. The lowest BCUT2D eigenvalue weighted by Crippen LogP contribution is -2.26. The van der Waals surface area contributed by atoms with Crippen LogP contribution < -0.4 is 10.1 Å². The second kappa shape index (κ2) is 11.1. The smallest absolute Gasteiger partial charge is 0.251 e. The summed E-state index contributed by atoms with van der Waals surface area (Å²) in [5.74, 6) is 1.84. The summed E-state index contributed by atoms with van der Waals surface area (Å²) in [7, 11) is 0. The molecule has 0 fully saturated rings.